The number of aromatic nitrogens is 1. The third-order valence-corrected chi connectivity index (χ3v) is 3.39. The van der Waals surface area contributed by atoms with E-state index in [-0.39, 0.29) is 4.87 Å². The van der Waals surface area contributed by atoms with E-state index in [0.29, 0.717) is 0 Å². The van der Waals surface area contributed by atoms with E-state index in [9.17, 15) is 4.79 Å². The SMILES string of the molecule is Cn1c(=O)sc2cccc(Br)c21. The Morgan fingerprint density at radius 3 is 2.92 bits per heavy atom. The summed E-state index contributed by atoms with van der Waals surface area (Å²) in [6, 6.07) is 5.82. The lowest BCUT2D eigenvalue weighted by Crippen LogP contribution is -2.06. The standard InChI is InChI=1S/C8H6BrNOS/c1-10-7-5(9)3-2-4-6(7)12-8(10)11/h2-4H,1H3. The topological polar surface area (TPSA) is 22.0 Å². The average molecular weight is 244 g/mol. The van der Waals surface area contributed by atoms with Crippen LogP contribution in [0.15, 0.2) is 27.5 Å². The molecule has 4 heteroatoms. The zero-order valence-corrected chi connectivity index (χ0v) is 8.78. The van der Waals surface area contributed by atoms with Gasteiger partial charge in [0.05, 0.1) is 10.2 Å². The Morgan fingerprint density at radius 2 is 2.25 bits per heavy atom. The summed E-state index contributed by atoms with van der Waals surface area (Å²) in [6.45, 7) is 0. The van der Waals surface area contributed by atoms with Crippen molar-refractivity contribution in [2.45, 2.75) is 0 Å². The molecule has 0 radical (unpaired) electrons. The van der Waals surface area contributed by atoms with Crippen LogP contribution in [-0.4, -0.2) is 4.57 Å². The number of halogens is 1. The van der Waals surface area contributed by atoms with Gasteiger partial charge in [0, 0.05) is 11.5 Å². The zero-order valence-electron chi connectivity index (χ0n) is 6.37. The summed E-state index contributed by atoms with van der Waals surface area (Å²) in [7, 11) is 1.78. The fourth-order valence-electron chi connectivity index (χ4n) is 1.16. The molecule has 0 saturated carbocycles. The maximum atomic E-state index is 11.3. The molecular formula is C8H6BrNOS. The monoisotopic (exact) mass is 243 g/mol. The van der Waals surface area contributed by atoms with Gasteiger partial charge in [0.2, 0.25) is 0 Å². The molecule has 1 aromatic heterocycles. The number of thiazole rings is 1. The van der Waals surface area contributed by atoms with Crippen LogP contribution in [0, 0.1) is 0 Å². The summed E-state index contributed by atoms with van der Waals surface area (Å²) >= 11 is 4.68. The van der Waals surface area contributed by atoms with Crippen LogP contribution >= 0.6 is 27.3 Å². The first-order valence-corrected chi connectivity index (χ1v) is 5.05. The molecule has 0 amide bonds. The molecule has 12 heavy (non-hydrogen) atoms. The molecule has 1 aromatic carbocycles. The van der Waals surface area contributed by atoms with Crippen LogP contribution in [0.1, 0.15) is 0 Å². The molecule has 0 spiro atoms. The summed E-state index contributed by atoms with van der Waals surface area (Å²) < 4.78 is 3.65. The molecule has 0 saturated heterocycles. The van der Waals surface area contributed by atoms with Crippen molar-refractivity contribution >= 4 is 37.5 Å². The molecule has 0 aliphatic rings. The minimum absolute atomic E-state index is 0.0805. The first-order chi connectivity index (χ1) is 5.70. The van der Waals surface area contributed by atoms with E-state index in [1.807, 2.05) is 18.2 Å². The van der Waals surface area contributed by atoms with Gasteiger partial charge in [0.15, 0.2) is 0 Å². The van der Waals surface area contributed by atoms with E-state index < -0.39 is 0 Å². The third kappa shape index (κ3) is 1.03. The first-order valence-electron chi connectivity index (χ1n) is 3.44. The Labute approximate surface area is 81.6 Å². The lowest BCUT2D eigenvalue weighted by molar-refractivity contribution is 0.936. The smallest absolute Gasteiger partial charge is 0.301 e. The highest BCUT2D eigenvalue weighted by Crippen LogP contribution is 2.24. The second kappa shape index (κ2) is 2.71. The normalized spacial score (nSPS) is 10.8. The molecule has 0 fully saturated rings. The van der Waals surface area contributed by atoms with Gasteiger partial charge in [-0.15, -0.1) is 0 Å². The Kier molecular flexibility index (Phi) is 1.81. The second-order valence-electron chi connectivity index (χ2n) is 2.51. The third-order valence-electron chi connectivity index (χ3n) is 1.76. The Balaban J connectivity index is 3.07. The van der Waals surface area contributed by atoms with E-state index in [1.54, 1.807) is 11.6 Å². The molecule has 1 heterocycles. The fourth-order valence-corrected chi connectivity index (χ4v) is 2.83. The number of aryl methyl sites for hydroxylation is 1. The van der Waals surface area contributed by atoms with Crippen molar-refractivity contribution in [2.75, 3.05) is 0 Å². The Morgan fingerprint density at radius 1 is 1.50 bits per heavy atom. The van der Waals surface area contributed by atoms with Gasteiger partial charge >= 0.3 is 4.87 Å². The van der Waals surface area contributed by atoms with Crippen molar-refractivity contribution < 1.29 is 0 Å². The first kappa shape index (κ1) is 8.01. The lowest BCUT2D eigenvalue weighted by atomic mass is 10.3. The minimum atomic E-state index is 0.0805. The van der Waals surface area contributed by atoms with E-state index in [0.717, 1.165) is 14.7 Å². The molecular weight excluding hydrogens is 238 g/mol. The number of para-hydroxylation sites is 1. The van der Waals surface area contributed by atoms with Crippen molar-refractivity contribution in [1.82, 2.24) is 4.57 Å². The largest absolute Gasteiger partial charge is 0.307 e. The highest BCUT2D eigenvalue weighted by molar-refractivity contribution is 9.10. The molecule has 0 bridgehead atoms. The highest BCUT2D eigenvalue weighted by atomic mass is 79.9. The van der Waals surface area contributed by atoms with Gasteiger partial charge in [-0.2, -0.15) is 0 Å². The summed E-state index contributed by atoms with van der Waals surface area (Å²) in [5.41, 5.74) is 0.979. The molecule has 0 atom stereocenters. The fraction of sp³-hybridized carbons (Fsp3) is 0.125. The van der Waals surface area contributed by atoms with Gasteiger partial charge in [-0.1, -0.05) is 17.4 Å². The average Bonchev–Trinajstić information content (AvgIpc) is 2.29. The predicted octanol–water partition coefficient (Wildman–Crippen LogP) is 2.36. The van der Waals surface area contributed by atoms with E-state index in [4.69, 9.17) is 0 Å². The minimum Gasteiger partial charge on any atom is -0.301 e. The quantitative estimate of drug-likeness (QED) is 0.697. The van der Waals surface area contributed by atoms with E-state index in [1.165, 1.54) is 11.3 Å². The van der Waals surface area contributed by atoms with Crippen LogP contribution in [0.25, 0.3) is 10.2 Å². The zero-order chi connectivity index (χ0) is 8.72. The van der Waals surface area contributed by atoms with E-state index >= 15 is 0 Å². The van der Waals surface area contributed by atoms with Crippen molar-refractivity contribution in [1.29, 1.82) is 0 Å². The van der Waals surface area contributed by atoms with Crippen LogP contribution in [-0.2, 0) is 7.05 Å². The lowest BCUT2D eigenvalue weighted by Gasteiger charge is -1.95. The number of rotatable bonds is 0. The molecule has 0 aliphatic carbocycles. The predicted molar refractivity (Wildman–Crippen MR) is 54.8 cm³/mol. The van der Waals surface area contributed by atoms with Crippen molar-refractivity contribution in [2.24, 2.45) is 7.05 Å². The van der Waals surface area contributed by atoms with Gasteiger partial charge in [-0.3, -0.25) is 4.79 Å². The molecule has 0 unspecified atom stereocenters. The van der Waals surface area contributed by atoms with E-state index in [2.05, 4.69) is 15.9 Å². The number of hydrogen-bond donors (Lipinski definition) is 0. The van der Waals surface area contributed by atoms with Crippen LogP contribution in [0.5, 0.6) is 0 Å². The Bertz CT molecular complexity index is 485. The maximum absolute atomic E-state index is 11.3. The van der Waals surface area contributed by atoms with Crippen molar-refractivity contribution in [3.63, 3.8) is 0 Å². The molecule has 2 nitrogen and oxygen atoms in total. The second-order valence-corrected chi connectivity index (χ2v) is 4.36. The molecule has 62 valence electrons. The number of fused-ring (bicyclic) bond motifs is 1. The van der Waals surface area contributed by atoms with Gasteiger partial charge in [-0.05, 0) is 28.1 Å². The van der Waals surface area contributed by atoms with Crippen LogP contribution in [0.2, 0.25) is 0 Å². The van der Waals surface area contributed by atoms with Crippen molar-refractivity contribution in [3.8, 4) is 0 Å². The summed E-state index contributed by atoms with van der Waals surface area (Å²) in [5.74, 6) is 0. The number of benzene rings is 1. The molecule has 0 N–H and O–H groups in total. The van der Waals surface area contributed by atoms with Crippen LogP contribution in [0.3, 0.4) is 0 Å². The molecule has 0 aliphatic heterocycles. The molecule has 2 aromatic rings. The maximum Gasteiger partial charge on any atom is 0.307 e. The summed E-state index contributed by atoms with van der Waals surface area (Å²) in [4.78, 5) is 11.3. The molecule has 2 rings (SSSR count). The van der Waals surface area contributed by atoms with Gasteiger partial charge in [0.1, 0.15) is 0 Å². The van der Waals surface area contributed by atoms with Gasteiger partial charge in [0.25, 0.3) is 0 Å². The van der Waals surface area contributed by atoms with Crippen LogP contribution < -0.4 is 4.87 Å². The van der Waals surface area contributed by atoms with Gasteiger partial charge < -0.3 is 4.57 Å². The highest BCUT2D eigenvalue weighted by Gasteiger charge is 2.05. The van der Waals surface area contributed by atoms with Gasteiger partial charge in [-0.25, -0.2) is 0 Å². The summed E-state index contributed by atoms with van der Waals surface area (Å²) in [5, 5.41) is 0. The summed E-state index contributed by atoms with van der Waals surface area (Å²) in [6.07, 6.45) is 0. The number of hydrogen-bond acceptors (Lipinski definition) is 2. The number of nitrogens with zero attached hydrogens (tertiary/aromatic N) is 1. The van der Waals surface area contributed by atoms with Crippen molar-refractivity contribution in [3.05, 3.63) is 32.3 Å². The Hall–Kier alpha value is -0.610. The van der Waals surface area contributed by atoms with Crippen LogP contribution in [0.4, 0.5) is 0 Å².